The van der Waals surface area contributed by atoms with Gasteiger partial charge in [0, 0.05) is 6.54 Å². The molecule has 1 fully saturated rings. The fraction of sp³-hybridized carbons (Fsp3) is 0.800. The van der Waals surface area contributed by atoms with E-state index in [2.05, 4.69) is 5.32 Å². The molecule has 7 nitrogen and oxygen atoms in total. The van der Waals surface area contributed by atoms with Crippen molar-refractivity contribution >= 4 is 11.9 Å². The van der Waals surface area contributed by atoms with Gasteiger partial charge >= 0.3 is 5.97 Å². The summed E-state index contributed by atoms with van der Waals surface area (Å²) in [6, 6.07) is -1.32. The van der Waals surface area contributed by atoms with Crippen LogP contribution in [0.4, 0.5) is 0 Å². The quantitative estimate of drug-likeness (QED) is 0.465. The molecule has 1 amide bonds. The van der Waals surface area contributed by atoms with Crippen molar-refractivity contribution in [1.29, 1.82) is 0 Å². The molecule has 0 saturated carbocycles. The monoisotopic (exact) mass is 246 g/mol. The zero-order chi connectivity index (χ0) is 13.0. The van der Waals surface area contributed by atoms with E-state index in [1.807, 2.05) is 0 Å². The van der Waals surface area contributed by atoms with E-state index in [0.717, 1.165) is 0 Å². The van der Waals surface area contributed by atoms with E-state index in [4.69, 9.17) is 15.6 Å². The van der Waals surface area contributed by atoms with Crippen molar-refractivity contribution < 1.29 is 24.5 Å². The van der Waals surface area contributed by atoms with Crippen molar-refractivity contribution in [3.8, 4) is 0 Å². The summed E-state index contributed by atoms with van der Waals surface area (Å²) in [5.41, 5.74) is 5.40. The Bertz CT molecular complexity index is 294. The van der Waals surface area contributed by atoms with E-state index in [-0.39, 0.29) is 6.10 Å². The van der Waals surface area contributed by atoms with Crippen molar-refractivity contribution in [2.75, 3.05) is 6.54 Å². The number of nitrogens with one attached hydrogen (secondary N) is 1. The molecule has 0 aromatic rings. The number of hydrogen-bond acceptors (Lipinski definition) is 5. The maximum atomic E-state index is 11.7. The molecule has 7 heteroatoms. The van der Waals surface area contributed by atoms with Gasteiger partial charge in [-0.05, 0) is 19.8 Å². The second kappa shape index (κ2) is 5.95. The third-order valence-corrected chi connectivity index (χ3v) is 2.71. The van der Waals surface area contributed by atoms with Crippen LogP contribution in [0.1, 0.15) is 19.8 Å². The number of rotatable bonds is 5. The largest absolute Gasteiger partial charge is 0.480 e. The van der Waals surface area contributed by atoms with Crippen LogP contribution in [0.15, 0.2) is 0 Å². The van der Waals surface area contributed by atoms with Gasteiger partial charge in [-0.3, -0.25) is 4.79 Å². The Labute approximate surface area is 98.9 Å². The van der Waals surface area contributed by atoms with Crippen LogP contribution in [0.3, 0.4) is 0 Å². The van der Waals surface area contributed by atoms with Crippen LogP contribution in [0, 0.1) is 0 Å². The van der Waals surface area contributed by atoms with E-state index in [0.29, 0.717) is 19.4 Å². The zero-order valence-electron chi connectivity index (χ0n) is 9.63. The average Bonchev–Trinajstić information content (AvgIpc) is 2.73. The highest BCUT2D eigenvalue weighted by Gasteiger charge is 2.33. The van der Waals surface area contributed by atoms with Gasteiger partial charge < -0.3 is 26.0 Å². The van der Waals surface area contributed by atoms with Gasteiger partial charge in [0.15, 0.2) is 6.04 Å². The zero-order valence-corrected chi connectivity index (χ0v) is 9.63. The number of aliphatic hydroxyl groups excluding tert-OH is 1. The molecule has 1 heterocycles. The molecule has 98 valence electrons. The lowest BCUT2D eigenvalue weighted by Crippen LogP contribution is -2.50. The molecule has 0 aromatic carbocycles. The number of ether oxygens (including phenoxy) is 1. The van der Waals surface area contributed by atoms with Crippen LogP contribution in [-0.4, -0.2) is 53.0 Å². The van der Waals surface area contributed by atoms with Crippen LogP contribution in [0.5, 0.6) is 0 Å². The number of carboxylic acid groups (broad SMARTS) is 1. The molecule has 0 radical (unpaired) electrons. The molecule has 5 N–H and O–H groups in total. The van der Waals surface area contributed by atoms with Crippen LogP contribution >= 0.6 is 0 Å². The van der Waals surface area contributed by atoms with E-state index in [1.54, 1.807) is 0 Å². The average molecular weight is 246 g/mol. The molecular weight excluding hydrogens is 228 g/mol. The van der Waals surface area contributed by atoms with Crippen molar-refractivity contribution in [3.05, 3.63) is 0 Å². The minimum Gasteiger partial charge on any atom is -0.480 e. The van der Waals surface area contributed by atoms with Gasteiger partial charge in [0.2, 0.25) is 5.91 Å². The van der Waals surface area contributed by atoms with Crippen molar-refractivity contribution in [2.45, 2.75) is 44.1 Å². The van der Waals surface area contributed by atoms with Crippen LogP contribution in [0.2, 0.25) is 0 Å². The summed E-state index contributed by atoms with van der Waals surface area (Å²) < 4.78 is 5.32. The topological polar surface area (TPSA) is 122 Å². The van der Waals surface area contributed by atoms with Crippen LogP contribution in [-0.2, 0) is 14.3 Å². The van der Waals surface area contributed by atoms with E-state index in [9.17, 15) is 14.7 Å². The maximum Gasteiger partial charge on any atom is 0.328 e. The van der Waals surface area contributed by atoms with E-state index >= 15 is 0 Å². The third-order valence-electron chi connectivity index (χ3n) is 2.71. The maximum absolute atomic E-state index is 11.7. The Morgan fingerprint density at radius 3 is 2.59 bits per heavy atom. The van der Waals surface area contributed by atoms with Gasteiger partial charge in [-0.1, -0.05) is 0 Å². The van der Waals surface area contributed by atoms with Crippen molar-refractivity contribution in [3.63, 3.8) is 0 Å². The fourth-order valence-electron chi connectivity index (χ4n) is 1.71. The first-order chi connectivity index (χ1) is 7.95. The Balaban J connectivity index is 2.51. The summed E-state index contributed by atoms with van der Waals surface area (Å²) in [5, 5.41) is 20.3. The number of aliphatic carboxylic acids is 1. The molecule has 1 rings (SSSR count). The van der Waals surface area contributed by atoms with Gasteiger partial charge in [0.05, 0.1) is 12.2 Å². The number of nitrogens with two attached hydrogens (primary N) is 1. The minimum absolute atomic E-state index is 0.152. The van der Waals surface area contributed by atoms with Gasteiger partial charge in [0.1, 0.15) is 6.10 Å². The first kappa shape index (κ1) is 13.9. The van der Waals surface area contributed by atoms with Crippen molar-refractivity contribution in [2.24, 2.45) is 5.73 Å². The summed E-state index contributed by atoms with van der Waals surface area (Å²) >= 11 is 0. The van der Waals surface area contributed by atoms with E-state index in [1.165, 1.54) is 6.92 Å². The lowest BCUT2D eigenvalue weighted by atomic mass is 10.1. The highest BCUT2D eigenvalue weighted by Crippen LogP contribution is 2.19. The van der Waals surface area contributed by atoms with Gasteiger partial charge in [-0.25, -0.2) is 4.79 Å². The number of hydrogen-bond donors (Lipinski definition) is 4. The summed E-state index contributed by atoms with van der Waals surface area (Å²) in [7, 11) is 0. The van der Waals surface area contributed by atoms with Crippen LogP contribution in [0.25, 0.3) is 0 Å². The highest BCUT2D eigenvalue weighted by molar-refractivity contribution is 5.86. The molecule has 0 aromatic heterocycles. The first-order valence-electron chi connectivity index (χ1n) is 5.52. The molecule has 1 aliphatic rings. The SMILES string of the molecule is CC(O)C(NC(=O)C1CCC(CN)O1)C(=O)O. The standard InChI is InChI=1S/C10H18N2O5/c1-5(13)8(10(15)16)12-9(14)7-3-2-6(4-11)17-7/h5-8,13H,2-4,11H2,1H3,(H,12,14)(H,15,16). The van der Waals surface area contributed by atoms with Crippen LogP contribution < -0.4 is 11.1 Å². The summed E-state index contributed by atoms with van der Waals surface area (Å²) in [6.45, 7) is 1.64. The predicted octanol–water partition coefficient (Wildman–Crippen LogP) is -1.56. The number of carboxylic acids is 1. The first-order valence-corrected chi connectivity index (χ1v) is 5.52. The summed E-state index contributed by atoms with van der Waals surface area (Å²) in [5.74, 6) is -1.80. The molecule has 4 atom stereocenters. The van der Waals surface area contributed by atoms with Gasteiger partial charge in [-0.2, -0.15) is 0 Å². The summed E-state index contributed by atoms with van der Waals surface area (Å²) in [4.78, 5) is 22.5. The fourth-order valence-corrected chi connectivity index (χ4v) is 1.71. The second-order valence-corrected chi connectivity index (χ2v) is 4.12. The molecular formula is C10H18N2O5. The second-order valence-electron chi connectivity index (χ2n) is 4.12. The molecule has 0 bridgehead atoms. The Morgan fingerprint density at radius 2 is 2.18 bits per heavy atom. The third kappa shape index (κ3) is 3.65. The smallest absolute Gasteiger partial charge is 0.328 e. The molecule has 4 unspecified atom stereocenters. The minimum atomic E-state index is -1.32. The lowest BCUT2D eigenvalue weighted by molar-refractivity contribution is -0.147. The van der Waals surface area contributed by atoms with E-state index < -0.39 is 30.1 Å². The van der Waals surface area contributed by atoms with Gasteiger partial charge in [0.25, 0.3) is 0 Å². The molecule has 17 heavy (non-hydrogen) atoms. The lowest BCUT2D eigenvalue weighted by Gasteiger charge is -2.19. The van der Waals surface area contributed by atoms with Crippen molar-refractivity contribution in [1.82, 2.24) is 5.32 Å². The Morgan fingerprint density at radius 1 is 1.53 bits per heavy atom. The molecule has 1 aliphatic heterocycles. The molecule has 0 aliphatic carbocycles. The number of amides is 1. The molecule has 0 spiro atoms. The number of carbonyl (C=O) groups is 2. The molecule has 1 saturated heterocycles. The van der Waals surface area contributed by atoms with Gasteiger partial charge in [-0.15, -0.1) is 0 Å². The highest BCUT2D eigenvalue weighted by atomic mass is 16.5. The summed E-state index contributed by atoms with van der Waals surface area (Å²) in [6.07, 6.45) is -0.797. The Hall–Kier alpha value is -1.18. The number of carbonyl (C=O) groups excluding carboxylic acids is 1. The normalized spacial score (nSPS) is 27.5. The predicted molar refractivity (Wildman–Crippen MR) is 58.2 cm³/mol. The Kier molecular flexibility index (Phi) is 4.86. The number of aliphatic hydroxyl groups is 1.